The van der Waals surface area contributed by atoms with Crippen LogP contribution < -0.4 is 10.1 Å². The van der Waals surface area contributed by atoms with Crippen molar-refractivity contribution in [3.8, 4) is 5.75 Å². The number of aromatic nitrogens is 1. The number of benzene rings is 1. The third-order valence-corrected chi connectivity index (χ3v) is 2.95. The highest BCUT2D eigenvalue weighted by Crippen LogP contribution is 2.17. The van der Waals surface area contributed by atoms with Crippen molar-refractivity contribution in [2.75, 3.05) is 6.61 Å². The van der Waals surface area contributed by atoms with Crippen LogP contribution in [0.3, 0.4) is 0 Å². The van der Waals surface area contributed by atoms with Gasteiger partial charge in [0, 0.05) is 18.9 Å². The van der Waals surface area contributed by atoms with Gasteiger partial charge in [-0.3, -0.25) is 9.78 Å². The standard InChI is InChI=1S/C16H18N2O2/c1-2-14-5-3-4-6-15(14)20-12-16(19)18-11-13-7-9-17-10-8-13/h3-10H,2,11-12H2,1H3,(H,18,19). The average molecular weight is 270 g/mol. The highest BCUT2D eigenvalue weighted by atomic mass is 16.5. The van der Waals surface area contributed by atoms with Crippen molar-refractivity contribution < 1.29 is 9.53 Å². The lowest BCUT2D eigenvalue weighted by atomic mass is 10.1. The maximum atomic E-state index is 11.7. The molecular weight excluding hydrogens is 252 g/mol. The van der Waals surface area contributed by atoms with Crippen LogP contribution in [0.15, 0.2) is 48.8 Å². The number of pyridine rings is 1. The van der Waals surface area contributed by atoms with E-state index in [0.717, 1.165) is 23.3 Å². The number of amides is 1. The molecule has 4 heteroatoms. The fourth-order valence-electron chi connectivity index (χ4n) is 1.83. The summed E-state index contributed by atoms with van der Waals surface area (Å²) in [6.45, 7) is 2.58. The van der Waals surface area contributed by atoms with Gasteiger partial charge in [0.2, 0.25) is 0 Å². The van der Waals surface area contributed by atoms with Crippen LogP contribution in [-0.4, -0.2) is 17.5 Å². The molecule has 2 aromatic rings. The van der Waals surface area contributed by atoms with E-state index in [1.807, 2.05) is 36.4 Å². The molecule has 0 saturated carbocycles. The Morgan fingerprint density at radius 3 is 2.70 bits per heavy atom. The first-order valence-corrected chi connectivity index (χ1v) is 6.66. The van der Waals surface area contributed by atoms with Crippen molar-refractivity contribution in [1.82, 2.24) is 10.3 Å². The summed E-state index contributed by atoms with van der Waals surface area (Å²) in [5.41, 5.74) is 2.12. The highest BCUT2D eigenvalue weighted by molar-refractivity contribution is 5.77. The van der Waals surface area contributed by atoms with E-state index in [0.29, 0.717) is 6.54 Å². The number of hydrogen-bond donors (Lipinski definition) is 1. The topological polar surface area (TPSA) is 51.2 Å². The third kappa shape index (κ3) is 4.09. The number of carbonyl (C=O) groups is 1. The van der Waals surface area contributed by atoms with Gasteiger partial charge in [0.1, 0.15) is 5.75 Å². The molecular formula is C16H18N2O2. The van der Waals surface area contributed by atoms with Crippen molar-refractivity contribution in [2.45, 2.75) is 19.9 Å². The first kappa shape index (κ1) is 14.1. The highest BCUT2D eigenvalue weighted by Gasteiger charge is 2.05. The van der Waals surface area contributed by atoms with E-state index in [1.54, 1.807) is 12.4 Å². The van der Waals surface area contributed by atoms with E-state index in [-0.39, 0.29) is 12.5 Å². The molecule has 2 rings (SSSR count). The Labute approximate surface area is 118 Å². The minimum atomic E-state index is -0.132. The summed E-state index contributed by atoms with van der Waals surface area (Å²) < 4.78 is 5.55. The van der Waals surface area contributed by atoms with Crippen molar-refractivity contribution >= 4 is 5.91 Å². The Morgan fingerprint density at radius 2 is 1.95 bits per heavy atom. The molecule has 0 unspecified atom stereocenters. The van der Waals surface area contributed by atoms with Gasteiger partial charge in [0.15, 0.2) is 6.61 Å². The molecule has 0 aliphatic carbocycles. The first-order chi connectivity index (χ1) is 9.79. The Bertz CT molecular complexity index is 555. The molecule has 1 heterocycles. The Balaban J connectivity index is 1.80. The van der Waals surface area contributed by atoms with Gasteiger partial charge in [-0.15, -0.1) is 0 Å². The molecule has 0 aliphatic heterocycles. The van der Waals surface area contributed by atoms with Gasteiger partial charge < -0.3 is 10.1 Å². The van der Waals surface area contributed by atoms with Gasteiger partial charge in [0.05, 0.1) is 0 Å². The van der Waals surface area contributed by atoms with Crippen LogP contribution in [0.5, 0.6) is 5.75 Å². The molecule has 0 bridgehead atoms. The molecule has 0 atom stereocenters. The Hall–Kier alpha value is -2.36. The molecule has 4 nitrogen and oxygen atoms in total. The van der Waals surface area contributed by atoms with E-state index in [1.165, 1.54) is 0 Å². The smallest absolute Gasteiger partial charge is 0.258 e. The van der Waals surface area contributed by atoms with Gasteiger partial charge in [-0.2, -0.15) is 0 Å². The quantitative estimate of drug-likeness (QED) is 0.876. The number of rotatable bonds is 6. The lowest BCUT2D eigenvalue weighted by Gasteiger charge is -2.10. The lowest BCUT2D eigenvalue weighted by Crippen LogP contribution is -2.28. The van der Waals surface area contributed by atoms with Crippen molar-refractivity contribution in [3.05, 3.63) is 59.9 Å². The molecule has 1 N–H and O–H groups in total. The molecule has 0 spiro atoms. The van der Waals surface area contributed by atoms with Crippen molar-refractivity contribution in [1.29, 1.82) is 0 Å². The number of aryl methyl sites for hydroxylation is 1. The zero-order valence-electron chi connectivity index (χ0n) is 11.5. The molecule has 20 heavy (non-hydrogen) atoms. The summed E-state index contributed by atoms with van der Waals surface area (Å²) in [6, 6.07) is 11.5. The van der Waals surface area contributed by atoms with Crippen LogP contribution in [-0.2, 0) is 17.8 Å². The zero-order valence-corrected chi connectivity index (χ0v) is 11.5. The maximum Gasteiger partial charge on any atom is 0.258 e. The molecule has 104 valence electrons. The molecule has 1 amide bonds. The minimum absolute atomic E-state index is 0.0299. The van der Waals surface area contributed by atoms with Crippen LogP contribution in [0.4, 0.5) is 0 Å². The van der Waals surface area contributed by atoms with Gasteiger partial charge in [-0.1, -0.05) is 25.1 Å². The summed E-state index contributed by atoms with van der Waals surface area (Å²) in [5.74, 6) is 0.641. The number of para-hydroxylation sites is 1. The number of ether oxygens (including phenoxy) is 1. The molecule has 0 saturated heterocycles. The SMILES string of the molecule is CCc1ccccc1OCC(=O)NCc1ccncc1. The van der Waals surface area contributed by atoms with E-state index < -0.39 is 0 Å². The predicted molar refractivity (Wildman–Crippen MR) is 77.4 cm³/mol. The second-order valence-electron chi connectivity index (χ2n) is 4.38. The van der Waals surface area contributed by atoms with Crippen molar-refractivity contribution in [2.24, 2.45) is 0 Å². The minimum Gasteiger partial charge on any atom is -0.483 e. The largest absolute Gasteiger partial charge is 0.483 e. The second kappa shape index (κ2) is 7.28. The normalized spacial score (nSPS) is 10.1. The fourth-order valence-corrected chi connectivity index (χ4v) is 1.83. The maximum absolute atomic E-state index is 11.7. The predicted octanol–water partition coefficient (Wildman–Crippen LogP) is 2.34. The third-order valence-electron chi connectivity index (χ3n) is 2.95. The van der Waals surface area contributed by atoms with E-state index >= 15 is 0 Å². The summed E-state index contributed by atoms with van der Waals surface area (Å²) in [6.07, 6.45) is 4.29. The summed E-state index contributed by atoms with van der Waals surface area (Å²) in [5, 5.41) is 2.81. The first-order valence-electron chi connectivity index (χ1n) is 6.66. The van der Waals surface area contributed by atoms with Crippen LogP contribution in [0.2, 0.25) is 0 Å². The number of nitrogens with one attached hydrogen (secondary N) is 1. The molecule has 0 fully saturated rings. The van der Waals surface area contributed by atoms with Crippen LogP contribution >= 0.6 is 0 Å². The Morgan fingerprint density at radius 1 is 1.20 bits per heavy atom. The van der Waals surface area contributed by atoms with Crippen LogP contribution in [0.25, 0.3) is 0 Å². The van der Waals surface area contributed by atoms with Crippen LogP contribution in [0, 0.1) is 0 Å². The van der Waals surface area contributed by atoms with Gasteiger partial charge in [-0.05, 0) is 35.7 Å². The van der Waals surface area contributed by atoms with Crippen molar-refractivity contribution in [3.63, 3.8) is 0 Å². The molecule has 1 aromatic heterocycles. The average Bonchev–Trinajstić information content (AvgIpc) is 2.52. The van der Waals surface area contributed by atoms with E-state index in [4.69, 9.17) is 4.74 Å². The molecule has 1 aromatic carbocycles. The van der Waals surface area contributed by atoms with Gasteiger partial charge >= 0.3 is 0 Å². The monoisotopic (exact) mass is 270 g/mol. The van der Waals surface area contributed by atoms with Gasteiger partial charge in [-0.25, -0.2) is 0 Å². The summed E-state index contributed by atoms with van der Waals surface area (Å²) >= 11 is 0. The number of nitrogens with zero attached hydrogens (tertiary/aromatic N) is 1. The number of carbonyl (C=O) groups excluding carboxylic acids is 1. The van der Waals surface area contributed by atoms with Crippen LogP contribution in [0.1, 0.15) is 18.1 Å². The van der Waals surface area contributed by atoms with E-state index in [9.17, 15) is 4.79 Å². The second-order valence-corrected chi connectivity index (χ2v) is 4.38. The summed E-state index contributed by atoms with van der Waals surface area (Å²) in [4.78, 5) is 15.7. The van der Waals surface area contributed by atoms with Gasteiger partial charge in [0.25, 0.3) is 5.91 Å². The lowest BCUT2D eigenvalue weighted by molar-refractivity contribution is -0.123. The summed E-state index contributed by atoms with van der Waals surface area (Å²) in [7, 11) is 0. The Kier molecular flexibility index (Phi) is 5.12. The molecule has 0 aliphatic rings. The number of hydrogen-bond acceptors (Lipinski definition) is 3. The van der Waals surface area contributed by atoms with E-state index in [2.05, 4.69) is 17.2 Å². The molecule has 0 radical (unpaired) electrons. The zero-order chi connectivity index (χ0) is 14.2. The fraction of sp³-hybridized carbons (Fsp3) is 0.250.